The minimum Gasteiger partial charge on any atom is -0.478 e. The molecular formula is C18H17F3N4O6. The molecule has 0 radical (unpaired) electrons. The van der Waals surface area contributed by atoms with Crippen molar-refractivity contribution < 1.29 is 42.1 Å². The van der Waals surface area contributed by atoms with Crippen LogP contribution in [0.3, 0.4) is 0 Å². The molecule has 1 aliphatic rings. The van der Waals surface area contributed by atoms with E-state index in [4.69, 9.17) is 9.47 Å². The zero-order chi connectivity index (χ0) is 22.9. The maximum Gasteiger partial charge on any atom is 0.433 e. The van der Waals surface area contributed by atoms with Crippen molar-refractivity contribution in [3.8, 4) is 5.69 Å². The molecule has 0 aliphatic carbocycles. The van der Waals surface area contributed by atoms with E-state index in [0.29, 0.717) is 5.69 Å². The Morgan fingerprint density at radius 2 is 2.06 bits per heavy atom. The van der Waals surface area contributed by atoms with Crippen LogP contribution in [-0.2, 0) is 30.0 Å². The number of carboxylic acids is 1. The molecule has 0 saturated carbocycles. The van der Waals surface area contributed by atoms with Gasteiger partial charge in [0.05, 0.1) is 18.8 Å². The Morgan fingerprint density at radius 3 is 2.68 bits per heavy atom. The van der Waals surface area contributed by atoms with Crippen molar-refractivity contribution in [3.63, 3.8) is 0 Å². The first-order chi connectivity index (χ1) is 14.5. The average molecular weight is 442 g/mol. The number of amides is 1. The molecule has 2 atom stereocenters. The van der Waals surface area contributed by atoms with E-state index in [0.717, 1.165) is 24.1 Å². The number of ether oxygens (including phenoxy) is 2. The highest BCUT2D eigenvalue weighted by molar-refractivity contribution is 6.00. The number of rotatable bonds is 5. The van der Waals surface area contributed by atoms with E-state index in [1.807, 2.05) is 0 Å². The SMILES string of the molecule is CC(=O)OC(C(=O)O)C1OCCN(c2cc(C)n(-c3ccnc(C(F)(F)F)c3)n2)C1=O. The van der Waals surface area contributed by atoms with Crippen LogP contribution in [0.1, 0.15) is 18.3 Å². The summed E-state index contributed by atoms with van der Waals surface area (Å²) in [6.07, 6.45) is -7.11. The van der Waals surface area contributed by atoms with Gasteiger partial charge in [-0.25, -0.2) is 9.48 Å². The van der Waals surface area contributed by atoms with Crippen molar-refractivity contribution in [1.82, 2.24) is 14.8 Å². The van der Waals surface area contributed by atoms with Gasteiger partial charge in [0.15, 0.2) is 11.9 Å². The van der Waals surface area contributed by atoms with Gasteiger partial charge in [-0.05, 0) is 19.1 Å². The molecule has 1 N–H and O–H groups in total. The second kappa shape index (κ2) is 8.34. The highest BCUT2D eigenvalue weighted by atomic mass is 19.4. The first kappa shape index (κ1) is 22.2. The lowest BCUT2D eigenvalue weighted by Gasteiger charge is -2.33. The van der Waals surface area contributed by atoms with E-state index >= 15 is 0 Å². The van der Waals surface area contributed by atoms with Crippen molar-refractivity contribution in [2.75, 3.05) is 18.1 Å². The molecule has 166 valence electrons. The molecule has 0 aromatic carbocycles. The topological polar surface area (TPSA) is 124 Å². The monoisotopic (exact) mass is 442 g/mol. The molecule has 1 amide bonds. The van der Waals surface area contributed by atoms with E-state index in [2.05, 4.69) is 10.1 Å². The number of anilines is 1. The second-order valence-electron chi connectivity index (χ2n) is 6.60. The fourth-order valence-electron chi connectivity index (χ4n) is 3.03. The van der Waals surface area contributed by atoms with E-state index in [1.165, 1.54) is 16.8 Å². The van der Waals surface area contributed by atoms with E-state index in [9.17, 15) is 32.7 Å². The summed E-state index contributed by atoms with van der Waals surface area (Å²) >= 11 is 0. The van der Waals surface area contributed by atoms with Gasteiger partial charge in [0.1, 0.15) is 5.69 Å². The molecule has 1 fully saturated rings. The second-order valence-corrected chi connectivity index (χ2v) is 6.60. The standard InChI is InChI=1S/C18H17F3N4O6/c1-9-7-13(23-25(9)11-3-4-22-12(8-11)18(19,20)21)24-5-6-30-14(16(24)27)15(17(28)29)31-10(2)26/h3-4,7-8,14-15H,5-6H2,1-2H3,(H,28,29). The predicted octanol–water partition coefficient (Wildman–Crippen LogP) is 1.34. The molecule has 1 aliphatic heterocycles. The Morgan fingerprint density at radius 1 is 1.35 bits per heavy atom. The molecule has 3 rings (SSSR count). The van der Waals surface area contributed by atoms with E-state index in [1.54, 1.807) is 6.92 Å². The first-order valence-corrected chi connectivity index (χ1v) is 8.92. The number of halogens is 3. The van der Waals surface area contributed by atoms with Gasteiger partial charge >= 0.3 is 18.1 Å². The molecule has 1 saturated heterocycles. The van der Waals surface area contributed by atoms with Crippen molar-refractivity contribution in [1.29, 1.82) is 0 Å². The molecular weight excluding hydrogens is 425 g/mol. The lowest BCUT2D eigenvalue weighted by atomic mass is 10.1. The normalized spacial score (nSPS) is 18.0. The molecule has 13 heteroatoms. The van der Waals surface area contributed by atoms with Crippen LogP contribution in [0.5, 0.6) is 0 Å². The number of pyridine rings is 1. The van der Waals surface area contributed by atoms with Crippen LogP contribution in [-0.4, -0.2) is 63.1 Å². The van der Waals surface area contributed by atoms with Gasteiger partial charge in [0, 0.05) is 24.9 Å². The van der Waals surface area contributed by atoms with Crippen LogP contribution in [0.4, 0.5) is 19.0 Å². The third-order valence-corrected chi connectivity index (χ3v) is 4.36. The number of carbonyl (C=O) groups is 3. The third-order valence-electron chi connectivity index (χ3n) is 4.36. The predicted molar refractivity (Wildman–Crippen MR) is 96.4 cm³/mol. The summed E-state index contributed by atoms with van der Waals surface area (Å²) in [5.41, 5.74) is -0.610. The molecule has 10 nitrogen and oxygen atoms in total. The van der Waals surface area contributed by atoms with Crippen molar-refractivity contribution >= 4 is 23.7 Å². The molecule has 2 unspecified atom stereocenters. The van der Waals surface area contributed by atoms with Gasteiger partial charge < -0.3 is 14.6 Å². The van der Waals surface area contributed by atoms with Crippen LogP contribution >= 0.6 is 0 Å². The van der Waals surface area contributed by atoms with Crippen molar-refractivity contribution in [2.24, 2.45) is 0 Å². The van der Waals surface area contributed by atoms with Gasteiger partial charge in [-0.1, -0.05) is 0 Å². The van der Waals surface area contributed by atoms with Crippen LogP contribution in [0.2, 0.25) is 0 Å². The summed E-state index contributed by atoms with van der Waals surface area (Å²) in [6, 6.07) is 3.59. The maximum absolute atomic E-state index is 13.0. The Labute approximate surface area is 173 Å². The summed E-state index contributed by atoms with van der Waals surface area (Å²) < 4.78 is 50.0. The summed E-state index contributed by atoms with van der Waals surface area (Å²) in [5, 5.41) is 13.5. The maximum atomic E-state index is 13.0. The number of hydrogen-bond acceptors (Lipinski definition) is 7. The molecule has 0 bridgehead atoms. The first-order valence-electron chi connectivity index (χ1n) is 8.92. The molecule has 2 aromatic rings. The summed E-state index contributed by atoms with van der Waals surface area (Å²) in [4.78, 5) is 39.9. The highest BCUT2D eigenvalue weighted by Crippen LogP contribution is 2.29. The number of aliphatic carboxylic acids is 1. The van der Waals surface area contributed by atoms with Gasteiger partial charge in [-0.3, -0.25) is 19.5 Å². The van der Waals surface area contributed by atoms with Crippen LogP contribution in [0.15, 0.2) is 24.4 Å². The van der Waals surface area contributed by atoms with Gasteiger partial charge in [0.2, 0.25) is 6.10 Å². The zero-order valence-electron chi connectivity index (χ0n) is 16.3. The number of aromatic nitrogens is 3. The fourth-order valence-corrected chi connectivity index (χ4v) is 3.03. The lowest BCUT2D eigenvalue weighted by molar-refractivity contribution is -0.177. The lowest BCUT2D eigenvalue weighted by Crippen LogP contribution is -2.55. The zero-order valence-corrected chi connectivity index (χ0v) is 16.3. The van der Waals surface area contributed by atoms with Gasteiger partial charge in [0.25, 0.3) is 5.91 Å². The fraction of sp³-hybridized carbons (Fsp3) is 0.389. The Bertz CT molecular complexity index is 1020. The quantitative estimate of drug-likeness (QED) is 0.688. The van der Waals surface area contributed by atoms with Crippen molar-refractivity contribution in [2.45, 2.75) is 32.2 Å². The Balaban J connectivity index is 1.91. The number of carboxylic acid groups (broad SMARTS) is 1. The summed E-state index contributed by atoms with van der Waals surface area (Å²) in [6.45, 7) is 2.52. The Kier molecular flexibility index (Phi) is 5.97. The minimum absolute atomic E-state index is 0.0162. The van der Waals surface area contributed by atoms with Crippen molar-refractivity contribution in [3.05, 3.63) is 35.8 Å². The van der Waals surface area contributed by atoms with Crippen LogP contribution in [0, 0.1) is 6.92 Å². The number of morpholine rings is 1. The number of nitrogens with zero attached hydrogens (tertiary/aromatic N) is 4. The molecule has 0 spiro atoms. The number of esters is 1. The van der Waals surface area contributed by atoms with E-state index < -0.39 is 41.9 Å². The molecule has 31 heavy (non-hydrogen) atoms. The van der Waals surface area contributed by atoms with Crippen LogP contribution < -0.4 is 4.90 Å². The van der Waals surface area contributed by atoms with E-state index in [-0.39, 0.29) is 24.7 Å². The average Bonchev–Trinajstić information content (AvgIpc) is 3.07. The van der Waals surface area contributed by atoms with Gasteiger partial charge in [-0.15, -0.1) is 5.10 Å². The number of hydrogen-bond donors (Lipinski definition) is 1. The summed E-state index contributed by atoms with van der Waals surface area (Å²) in [7, 11) is 0. The third kappa shape index (κ3) is 4.66. The smallest absolute Gasteiger partial charge is 0.433 e. The minimum atomic E-state index is -4.64. The Hall–Kier alpha value is -3.48. The van der Waals surface area contributed by atoms with Gasteiger partial charge in [-0.2, -0.15) is 13.2 Å². The van der Waals surface area contributed by atoms with Crippen LogP contribution in [0.25, 0.3) is 5.69 Å². The molecule has 3 heterocycles. The summed E-state index contributed by atoms with van der Waals surface area (Å²) in [5.74, 6) is -3.20. The largest absolute Gasteiger partial charge is 0.478 e. The molecule has 2 aromatic heterocycles. The number of aryl methyl sites for hydroxylation is 1. The number of carbonyl (C=O) groups excluding carboxylic acids is 2. The highest BCUT2D eigenvalue weighted by Gasteiger charge is 2.43. The number of alkyl halides is 3.